The van der Waals surface area contributed by atoms with Gasteiger partial charge in [-0.3, -0.25) is 0 Å². The lowest BCUT2D eigenvalue weighted by atomic mass is 9.98. The van der Waals surface area contributed by atoms with Gasteiger partial charge in [0.2, 0.25) is 0 Å². The van der Waals surface area contributed by atoms with Gasteiger partial charge in [-0.15, -0.1) is 6.42 Å². The monoisotopic (exact) mass is 584 g/mol. The molecule has 2 N–H and O–H groups in total. The van der Waals surface area contributed by atoms with Gasteiger partial charge in [-0.05, 0) is 75.6 Å². The third-order valence-corrected chi connectivity index (χ3v) is 9.99. The number of ether oxygens (including phenoxy) is 1. The largest absolute Gasteiger partial charge is 0.508 e. The molecule has 0 amide bonds. The lowest BCUT2D eigenvalue weighted by molar-refractivity contribution is 0.169. The van der Waals surface area contributed by atoms with Gasteiger partial charge in [0.1, 0.15) is 17.4 Å². The zero-order valence-electron chi connectivity index (χ0n) is 26.4. The lowest BCUT2D eigenvalue weighted by Crippen LogP contribution is -2.52. The molecule has 9 heteroatoms. The van der Waals surface area contributed by atoms with E-state index in [1.807, 2.05) is 0 Å². The number of hydrogen-bond donors (Lipinski definition) is 2. The molecular formula is C34H39FN6O2. The number of phenolic OH excluding ortho intramolecular Hbond substituents is 1. The molecular weight excluding hydrogens is 543 g/mol. The van der Waals surface area contributed by atoms with Gasteiger partial charge in [0, 0.05) is 66.4 Å². The average molecular weight is 585 g/mol. The zero-order chi connectivity index (χ0) is 30.9. The first-order valence-electron chi connectivity index (χ1n) is 16.7. The summed E-state index contributed by atoms with van der Waals surface area (Å²) in [6, 6.07) is 7.06. The Kier molecular flexibility index (Phi) is 6.07. The Labute approximate surface area is 255 Å². The first-order chi connectivity index (χ1) is 21.7. The molecule has 8 rings (SSSR count). The highest BCUT2D eigenvalue weighted by Gasteiger charge is 2.45. The van der Waals surface area contributed by atoms with Gasteiger partial charge in [-0.1, -0.05) is 12.0 Å². The van der Waals surface area contributed by atoms with E-state index in [-0.39, 0.29) is 17.3 Å². The maximum atomic E-state index is 14.9. The second kappa shape index (κ2) is 10.5. The first kappa shape index (κ1) is 24.8. The van der Waals surface area contributed by atoms with E-state index in [0.717, 1.165) is 81.8 Å². The molecule has 5 heterocycles. The van der Waals surface area contributed by atoms with Gasteiger partial charge in [-0.25, -0.2) is 4.39 Å². The van der Waals surface area contributed by atoms with Gasteiger partial charge in [0.15, 0.2) is 0 Å². The van der Waals surface area contributed by atoms with E-state index in [2.05, 4.69) is 25.9 Å². The molecule has 43 heavy (non-hydrogen) atoms. The number of nitrogens with zero attached hydrogens (tertiary/aromatic N) is 5. The van der Waals surface area contributed by atoms with Gasteiger partial charge in [0.05, 0.1) is 27.1 Å². The summed E-state index contributed by atoms with van der Waals surface area (Å²) in [5.41, 5.74) is 2.03. The number of anilines is 2. The van der Waals surface area contributed by atoms with Crippen molar-refractivity contribution in [3.05, 3.63) is 46.9 Å². The van der Waals surface area contributed by atoms with E-state index in [1.54, 1.807) is 18.2 Å². The minimum absolute atomic E-state index is 0.0605. The molecule has 0 spiro atoms. The predicted molar refractivity (Wildman–Crippen MR) is 165 cm³/mol. The van der Waals surface area contributed by atoms with Crippen LogP contribution in [-0.4, -0.2) is 77.9 Å². The van der Waals surface area contributed by atoms with Crippen molar-refractivity contribution in [2.24, 2.45) is 5.41 Å². The van der Waals surface area contributed by atoms with Crippen LogP contribution < -0.4 is 19.9 Å². The third-order valence-electron chi connectivity index (χ3n) is 9.99. The molecule has 3 aromatic rings. The Hall–Kier alpha value is -3.61. The highest BCUT2D eigenvalue weighted by atomic mass is 19.1. The van der Waals surface area contributed by atoms with E-state index >= 15 is 0 Å². The molecule has 1 saturated carbocycles. The smallest absolute Gasteiger partial charge is 0.318 e. The van der Waals surface area contributed by atoms with Crippen LogP contribution in [0.15, 0.2) is 24.3 Å². The Bertz CT molecular complexity index is 1690. The van der Waals surface area contributed by atoms with Crippen LogP contribution in [-0.2, 0) is 13.0 Å². The van der Waals surface area contributed by atoms with Gasteiger partial charge in [-0.2, -0.15) is 9.97 Å². The van der Waals surface area contributed by atoms with Crippen molar-refractivity contribution in [2.45, 2.75) is 63.6 Å². The topological polar surface area (TPSA) is 77.0 Å². The number of terminal acetylenes is 1. The number of phenols is 1. The Balaban J connectivity index is 1.17. The fourth-order valence-electron chi connectivity index (χ4n) is 7.63. The summed E-state index contributed by atoms with van der Waals surface area (Å²) in [5.74, 6) is 2.93. The second-order valence-corrected chi connectivity index (χ2v) is 13.1. The van der Waals surface area contributed by atoms with Crippen LogP contribution in [0, 0.1) is 23.6 Å². The first-order valence-corrected chi connectivity index (χ1v) is 15.7. The molecule has 2 bridgehead atoms. The average Bonchev–Trinajstić information content (AvgIpc) is 3.50. The standard InChI is InChI=1S/C34H39FN6O2/c1-2-26-28(35)8-5-22-15-25(42)16-30(31(22)26)40-14-9-27-29(19-40)37-33(38-32(27)41-17-23-6-7-24(18-41)36-23)43-21-34(10-11-34)20-39-12-3-4-13-39/h1,5,8,15-16,23-24,36,42H,3-4,6-7,9-14,17-21H2/t23-,24+/i21D2. The van der Waals surface area contributed by atoms with E-state index in [0.29, 0.717) is 54.6 Å². The minimum atomic E-state index is -1.92. The number of hydrogen-bond acceptors (Lipinski definition) is 8. The number of nitrogens with one attached hydrogen (secondary N) is 1. The summed E-state index contributed by atoms with van der Waals surface area (Å²) in [6.07, 6.45) is 12.5. The maximum absolute atomic E-state index is 14.9. The summed E-state index contributed by atoms with van der Waals surface area (Å²) < 4.78 is 39.3. The van der Waals surface area contributed by atoms with Crippen LogP contribution in [0.2, 0.25) is 0 Å². The maximum Gasteiger partial charge on any atom is 0.318 e. The lowest BCUT2D eigenvalue weighted by Gasteiger charge is -2.37. The molecule has 8 nitrogen and oxygen atoms in total. The summed E-state index contributed by atoms with van der Waals surface area (Å²) in [7, 11) is 0. The zero-order valence-corrected chi connectivity index (χ0v) is 24.4. The number of piperazine rings is 1. The molecule has 224 valence electrons. The van der Waals surface area contributed by atoms with E-state index in [4.69, 9.17) is 23.9 Å². The number of likely N-dealkylation sites (tertiary alicyclic amines) is 1. The van der Waals surface area contributed by atoms with Crippen LogP contribution in [0.4, 0.5) is 15.9 Å². The molecule has 4 fully saturated rings. The van der Waals surface area contributed by atoms with Crippen molar-refractivity contribution in [1.82, 2.24) is 20.2 Å². The molecule has 1 aromatic heterocycles. The molecule has 1 aliphatic carbocycles. The Morgan fingerprint density at radius 3 is 2.65 bits per heavy atom. The summed E-state index contributed by atoms with van der Waals surface area (Å²) in [6.45, 7) is 3.40. The van der Waals surface area contributed by atoms with Crippen molar-refractivity contribution in [2.75, 3.05) is 55.6 Å². The van der Waals surface area contributed by atoms with Crippen LogP contribution >= 0.6 is 0 Å². The van der Waals surface area contributed by atoms with Crippen molar-refractivity contribution < 1.29 is 17.0 Å². The summed E-state index contributed by atoms with van der Waals surface area (Å²) in [5, 5.41) is 15.6. The number of aromatic hydroxyl groups is 1. The number of rotatable bonds is 7. The third kappa shape index (κ3) is 5.04. The fraction of sp³-hybridized carbons (Fsp3) is 0.529. The van der Waals surface area contributed by atoms with Crippen molar-refractivity contribution in [1.29, 1.82) is 0 Å². The van der Waals surface area contributed by atoms with Crippen LogP contribution in [0.1, 0.15) is 58.1 Å². The predicted octanol–water partition coefficient (Wildman–Crippen LogP) is 4.21. The van der Waals surface area contributed by atoms with Crippen LogP contribution in [0.25, 0.3) is 10.8 Å². The van der Waals surface area contributed by atoms with Crippen LogP contribution in [0.5, 0.6) is 11.8 Å². The number of fused-ring (bicyclic) bond motifs is 4. The molecule has 0 unspecified atom stereocenters. The summed E-state index contributed by atoms with van der Waals surface area (Å²) >= 11 is 0. The highest BCUT2D eigenvalue weighted by Crippen LogP contribution is 2.47. The van der Waals surface area contributed by atoms with Gasteiger partial charge in [0.25, 0.3) is 0 Å². The Morgan fingerprint density at radius 1 is 1.12 bits per heavy atom. The minimum Gasteiger partial charge on any atom is -0.508 e. The normalized spacial score (nSPS) is 25.3. The van der Waals surface area contributed by atoms with E-state index < -0.39 is 17.8 Å². The fourth-order valence-corrected chi connectivity index (χ4v) is 7.63. The van der Waals surface area contributed by atoms with Crippen molar-refractivity contribution in [3.8, 4) is 24.1 Å². The molecule has 3 saturated heterocycles. The van der Waals surface area contributed by atoms with Gasteiger partial charge >= 0.3 is 6.01 Å². The number of aromatic nitrogens is 2. The van der Waals surface area contributed by atoms with Crippen LogP contribution in [0.3, 0.4) is 0 Å². The quantitative estimate of drug-likeness (QED) is 0.400. The second-order valence-electron chi connectivity index (χ2n) is 13.1. The molecule has 2 aromatic carbocycles. The molecule has 4 aliphatic heterocycles. The van der Waals surface area contributed by atoms with E-state index in [9.17, 15) is 9.50 Å². The van der Waals surface area contributed by atoms with Crippen molar-refractivity contribution >= 4 is 22.3 Å². The van der Waals surface area contributed by atoms with E-state index in [1.165, 1.54) is 6.07 Å². The summed E-state index contributed by atoms with van der Waals surface area (Å²) in [4.78, 5) is 16.6. The van der Waals surface area contributed by atoms with Crippen molar-refractivity contribution in [3.63, 3.8) is 0 Å². The molecule has 2 atom stereocenters. The SMILES string of the molecule is [2H]C([2H])(Oc1nc2c(c(N3C[C@H]4CC[C@@H](C3)N4)n1)CCN(c1cc(O)cc3ccc(F)c(C#C)c13)C2)C1(CN2CCCC2)CC1. The molecule has 5 aliphatic rings. The Morgan fingerprint density at radius 2 is 1.91 bits per heavy atom. The molecule has 0 radical (unpaired) electrons. The van der Waals surface area contributed by atoms with Gasteiger partial charge < -0.3 is 29.9 Å². The highest BCUT2D eigenvalue weighted by molar-refractivity contribution is 6.00. The number of halogens is 1. The number of benzene rings is 2.